The van der Waals surface area contributed by atoms with Crippen LogP contribution in [0.1, 0.15) is 18.9 Å². The van der Waals surface area contributed by atoms with Gasteiger partial charge in [0, 0.05) is 6.20 Å². The van der Waals surface area contributed by atoms with Gasteiger partial charge < -0.3 is 15.6 Å². The van der Waals surface area contributed by atoms with E-state index in [0.717, 1.165) is 6.42 Å². The lowest BCUT2D eigenvalue weighted by Gasteiger charge is -2.04. The van der Waals surface area contributed by atoms with Gasteiger partial charge in [0.25, 0.3) is 0 Å². The number of aromatic nitrogens is 1. The van der Waals surface area contributed by atoms with Crippen LogP contribution >= 0.6 is 0 Å². The van der Waals surface area contributed by atoms with Crippen molar-refractivity contribution in [2.75, 3.05) is 13.2 Å². The fourth-order valence-electron chi connectivity index (χ4n) is 1.02. The van der Waals surface area contributed by atoms with Crippen molar-refractivity contribution >= 4 is 0 Å². The molecule has 3 N–H and O–H groups in total. The lowest BCUT2D eigenvalue weighted by Crippen LogP contribution is -2.15. The van der Waals surface area contributed by atoms with Gasteiger partial charge in [0.2, 0.25) is 5.88 Å². The second kappa shape index (κ2) is 6.83. The first-order valence-corrected chi connectivity index (χ1v) is 5.23. The standard InChI is InChI=1S/C12H16N2O2/c1-2-11(13)6-5-10-4-3-7-14-12(10)16-9-8-15/h3-4,7,11,15H,2,8-9,13H2,1H3. The molecule has 0 aromatic carbocycles. The molecule has 1 heterocycles. The van der Waals surface area contributed by atoms with Gasteiger partial charge in [-0.2, -0.15) is 0 Å². The number of aliphatic hydroxyl groups excluding tert-OH is 1. The zero-order chi connectivity index (χ0) is 11.8. The van der Waals surface area contributed by atoms with Crippen LogP contribution in [0.3, 0.4) is 0 Å². The third-order valence-electron chi connectivity index (χ3n) is 1.93. The molecule has 1 aromatic heterocycles. The number of hydrogen-bond donors (Lipinski definition) is 2. The van der Waals surface area contributed by atoms with Gasteiger partial charge >= 0.3 is 0 Å². The molecule has 0 radical (unpaired) electrons. The van der Waals surface area contributed by atoms with Crippen LogP contribution in [0.5, 0.6) is 5.88 Å². The normalized spacial score (nSPS) is 11.4. The molecule has 0 fully saturated rings. The molecule has 0 spiro atoms. The first-order valence-electron chi connectivity index (χ1n) is 5.23. The SMILES string of the molecule is CCC(N)C#Cc1cccnc1OCCO. The van der Waals surface area contributed by atoms with Crippen LogP contribution in [0, 0.1) is 11.8 Å². The third kappa shape index (κ3) is 3.89. The summed E-state index contributed by atoms with van der Waals surface area (Å²) < 4.78 is 5.25. The molecule has 1 unspecified atom stereocenters. The Kier molecular flexibility index (Phi) is 5.34. The number of aliphatic hydroxyl groups is 1. The number of nitrogens with zero attached hydrogens (tertiary/aromatic N) is 1. The highest BCUT2D eigenvalue weighted by Gasteiger charge is 2.01. The summed E-state index contributed by atoms with van der Waals surface area (Å²) in [4.78, 5) is 4.04. The second-order valence-electron chi connectivity index (χ2n) is 3.21. The van der Waals surface area contributed by atoms with Gasteiger partial charge in [0.15, 0.2) is 0 Å². The van der Waals surface area contributed by atoms with E-state index in [1.165, 1.54) is 0 Å². The van der Waals surface area contributed by atoms with Gasteiger partial charge in [-0.15, -0.1) is 0 Å². The van der Waals surface area contributed by atoms with Crippen molar-refractivity contribution in [2.45, 2.75) is 19.4 Å². The molecule has 0 bridgehead atoms. The molecular formula is C12H16N2O2. The zero-order valence-corrected chi connectivity index (χ0v) is 9.31. The predicted molar refractivity (Wildman–Crippen MR) is 62.0 cm³/mol. The van der Waals surface area contributed by atoms with Crippen molar-refractivity contribution in [2.24, 2.45) is 5.73 Å². The average Bonchev–Trinajstić information content (AvgIpc) is 2.34. The van der Waals surface area contributed by atoms with Crippen LogP contribution in [-0.4, -0.2) is 29.3 Å². The molecule has 0 amide bonds. The molecule has 0 aliphatic carbocycles. The molecule has 1 rings (SSSR count). The maximum absolute atomic E-state index is 8.67. The number of rotatable bonds is 4. The fraction of sp³-hybridized carbons (Fsp3) is 0.417. The molecule has 0 saturated carbocycles. The van der Waals surface area contributed by atoms with Gasteiger partial charge in [-0.25, -0.2) is 4.98 Å². The van der Waals surface area contributed by atoms with Gasteiger partial charge in [-0.1, -0.05) is 18.8 Å². The summed E-state index contributed by atoms with van der Waals surface area (Å²) in [6.45, 7) is 2.15. The maximum Gasteiger partial charge on any atom is 0.229 e. The topological polar surface area (TPSA) is 68.4 Å². The smallest absolute Gasteiger partial charge is 0.229 e. The Bertz CT molecular complexity index is 382. The summed E-state index contributed by atoms with van der Waals surface area (Å²) in [6, 6.07) is 3.47. The van der Waals surface area contributed by atoms with Crippen molar-refractivity contribution in [3.8, 4) is 17.7 Å². The van der Waals surface area contributed by atoms with E-state index in [9.17, 15) is 0 Å². The van der Waals surface area contributed by atoms with E-state index < -0.39 is 0 Å². The van der Waals surface area contributed by atoms with Gasteiger partial charge in [0.1, 0.15) is 6.61 Å². The van der Waals surface area contributed by atoms with E-state index in [0.29, 0.717) is 11.4 Å². The molecular weight excluding hydrogens is 204 g/mol. The molecule has 86 valence electrons. The zero-order valence-electron chi connectivity index (χ0n) is 9.31. The molecule has 16 heavy (non-hydrogen) atoms. The van der Waals surface area contributed by atoms with Crippen molar-refractivity contribution in [1.29, 1.82) is 0 Å². The number of nitrogens with two attached hydrogens (primary N) is 1. The van der Waals surface area contributed by atoms with Crippen LogP contribution in [0.4, 0.5) is 0 Å². The van der Waals surface area contributed by atoms with Crippen LogP contribution in [0.25, 0.3) is 0 Å². The first-order chi connectivity index (χ1) is 7.77. The highest BCUT2D eigenvalue weighted by molar-refractivity contribution is 5.42. The van der Waals surface area contributed by atoms with Crippen molar-refractivity contribution < 1.29 is 9.84 Å². The summed E-state index contributed by atoms with van der Waals surface area (Å²) in [5.74, 6) is 6.28. The van der Waals surface area contributed by atoms with Gasteiger partial charge in [-0.05, 0) is 18.6 Å². The molecule has 0 saturated heterocycles. The lowest BCUT2D eigenvalue weighted by atomic mass is 10.2. The van der Waals surface area contributed by atoms with E-state index in [1.807, 2.05) is 13.0 Å². The molecule has 1 aromatic rings. The van der Waals surface area contributed by atoms with Gasteiger partial charge in [0.05, 0.1) is 18.2 Å². The van der Waals surface area contributed by atoms with Crippen LogP contribution in [-0.2, 0) is 0 Å². The second-order valence-corrected chi connectivity index (χ2v) is 3.21. The van der Waals surface area contributed by atoms with Gasteiger partial charge in [-0.3, -0.25) is 0 Å². The van der Waals surface area contributed by atoms with Crippen molar-refractivity contribution in [3.05, 3.63) is 23.9 Å². The Hall–Kier alpha value is -1.57. The largest absolute Gasteiger partial charge is 0.474 e. The first kappa shape index (κ1) is 12.5. The number of hydrogen-bond acceptors (Lipinski definition) is 4. The highest BCUT2D eigenvalue weighted by atomic mass is 16.5. The summed E-state index contributed by atoms with van der Waals surface area (Å²) in [7, 11) is 0. The minimum absolute atomic E-state index is 0.0437. The fourth-order valence-corrected chi connectivity index (χ4v) is 1.02. The number of pyridine rings is 1. The minimum Gasteiger partial charge on any atom is -0.474 e. The van der Waals surface area contributed by atoms with Crippen LogP contribution < -0.4 is 10.5 Å². The minimum atomic E-state index is -0.133. The quantitative estimate of drug-likeness (QED) is 0.727. The Morgan fingerprint density at radius 3 is 3.12 bits per heavy atom. The summed E-state index contributed by atoms with van der Waals surface area (Å²) in [6.07, 6.45) is 2.43. The summed E-state index contributed by atoms with van der Waals surface area (Å²) in [5.41, 5.74) is 6.39. The van der Waals surface area contributed by atoms with E-state index in [-0.39, 0.29) is 19.3 Å². The highest BCUT2D eigenvalue weighted by Crippen LogP contribution is 2.12. The van der Waals surface area contributed by atoms with Crippen LogP contribution in [0.15, 0.2) is 18.3 Å². The van der Waals surface area contributed by atoms with Crippen molar-refractivity contribution in [1.82, 2.24) is 4.98 Å². The maximum atomic E-state index is 8.67. The van der Waals surface area contributed by atoms with Crippen LogP contribution in [0.2, 0.25) is 0 Å². The third-order valence-corrected chi connectivity index (χ3v) is 1.93. The Labute approximate surface area is 95.5 Å². The molecule has 1 atom stereocenters. The van der Waals surface area contributed by atoms with E-state index in [4.69, 9.17) is 15.6 Å². The van der Waals surface area contributed by atoms with E-state index in [2.05, 4.69) is 16.8 Å². The molecule has 0 aliphatic rings. The predicted octanol–water partition coefficient (Wildman–Crippen LogP) is 0.542. The Morgan fingerprint density at radius 2 is 2.44 bits per heavy atom. The average molecular weight is 220 g/mol. The monoisotopic (exact) mass is 220 g/mol. The Balaban J connectivity index is 2.80. The Morgan fingerprint density at radius 1 is 1.62 bits per heavy atom. The molecule has 0 aliphatic heterocycles. The lowest BCUT2D eigenvalue weighted by molar-refractivity contribution is 0.196. The van der Waals surface area contributed by atoms with Crippen molar-refractivity contribution in [3.63, 3.8) is 0 Å². The molecule has 4 heteroatoms. The van der Waals surface area contributed by atoms with E-state index in [1.54, 1.807) is 12.3 Å². The summed E-state index contributed by atoms with van der Waals surface area (Å²) in [5, 5.41) is 8.67. The summed E-state index contributed by atoms with van der Waals surface area (Å²) >= 11 is 0. The van der Waals surface area contributed by atoms with E-state index >= 15 is 0 Å². The molecule has 4 nitrogen and oxygen atoms in total. The number of ether oxygens (including phenoxy) is 1.